The number of pyridine rings is 1. The van der Waals surface area contributed by atoms with Gasteiger partial charge in [-0.15, -0.1) is 21.5 Å². The predicted molar refractivity (Wildman–Crippen MR) is 91.2 cm³/mol. The van der Waals surface area contributed by atoms with Crippen LogP contribution in [0.3, 0.4) is 0 Å². The molecule has 0 N–H and O–H groups in total. The summed E-state index contributed by atoms with van der Waals surface area (Å²) >= 11 is 3.22. The van der Waals surface area contributed by atoms with E-state index in [9.17, 15) is 0 Å². The molecule has 0 aliphatic carbocycles. The molecule has 0 aliphatic heterocycles. The van der Waals surface area contributed by atoms with E-state index >= 15 is 0 Å². The average Bonchev–Trinajstić information content (AvgIpc) is 3.10. The van der Waals surface area contributed by atoms with Crippen molar-refractivity contribution in [3.8, 4) is 10.6 Å². The number of hydrogen-bond donors (Lipinski definition) is 0. The Labute approximate surface area is 136 Å². The first kappa shape index (κ1) is 13.4. The van der Waals surface area contributed by atoms with Crippen molar-refractivity contribution in [3.05, 3.63) is 66.2 Å². The van der Waals surface area contributed by atoms with E-state index in [-0.39, 0.29) is 0 Å². The minimum absolute atomic E-state index is 0.884. The highest BCUT2D eigenvalue weighted by Gasteiger charge is 2.12. The number of nitrogens with zero attached hydrogens (tertiary/aromatic N) is 3. The van der Waals surface area contributed by atoms with Crippen LogP contribution in [0.2, 0.25) is 0 Å². The molecule has 3 heterocycles. The number of rotatable bonds is 3. The third-order valence-electron chi connectivity index (χ3n) is 3.25. The Bertz CT molecular complexity index is 906. The highest BCUT2D eigenvalue weighted by Crippen LogP contribution is 2.35. The molecule has 0 saturated carbocycles. The van der Waals surface area contributed by atoms with Gasteiger partial charge in [0.2, 0.25) is 0 Å². The minimum atomic E-state index is 0.884. The maximum Gasteiger partial charge on any atom is 0.133 e. The lowest BCUT2D eigenvalue weighted by atomic mass is 10.1. The number of aromatic nitrogens is 3. The molecule has 0 fully saturated rings. The quantitative estimate of drug-likeness (QED) is 0.538. The van der Waals surface area contributed by atoms with Gasteiger partial charge in [-0.05, 0) is 35.3 Å². The topological polar surface area (TPSA) is 38.7 Å². The lowest BCUT2D eigenvalue weighted by Crippen LogP contribution is -1.92. The second-order valence-electron chi connectivity index (χ2n) is 4.65. The molecule has 22 heavy (non-hydrogen) atoms. The Hall–Kier alpha value is -2.24. The first-order valence-electron chi connectivity index (χ1n) is 6.80. The van der Waals surface area contributed by atoms with Crippen molar-refractivity contribution in [2.45, 2.75) is 10.1 Å². The van der Waals surface area contributed by atoms with Crippen LogP contribution in [0, 0.1) is 0 Å². The van der Waals surface area contributed by atoms with Gasteiger partial charge in [0.05, 0.1) is 4.88 Å². The van der Waals surface area contributed by atoms with Crippen LogP contribution in [-0.2, 0) is 0 Å². The first-order chi connectivity index (χ1) is 10.9. The Morgan fingerprint density at radius 2 is 1.68 bits per heavy atom. The summed E-state index contributed by atoms with van der Waals surface area (Å²) in [7, 11) is 0. The highest BCUT2D eigenvalue weighted by atomic mass is 32.2. The fourth-order valence-corrected chi connectivity index (χ4v) is 3.81. The molecule has 0 spiro atoms. The molecule has 3 nitrogen and oxygen atoms in total. The largest absolute Gasteiger partial charge is 0.250 e. The SMILES string of the molecule is c1ccc(Sc2nnc(-c3cccs3)c3ccccc23)nc1. The van der Waals surface area contributed by atoms with Crippen LogP contribution in [0.5, 0.6) is 0 Å². The second-order valence-corrected chi connectivity index (χ2v) is 6.60. The zero-order valence-electron chi connectivity index (χ0n) is 11.5. The van der Waals surface area contributed by atoms with Gasteiger partial charge in [-0.1, -0.05) is 36.4 Å². The molecule has 0 aliphatic rings. The van der Waals surface area contributed by atoms with Crippen LogP contribution in [-0.4, -0.2) is 15.2 Å². The summed E-state index contributed by atoms with van der Waals surface area (Å²) in [4.78, 5) is 5.49. The fraction of sp³-hybridized carbons (Fsp3) is 0. The predicted octanol–water partition coefficient (Wildman–Crippen LogP) is 4.90. The molecule has 5 heteroatoms. The van der Waals surface area contributed by atoms with Crippen molar-refractivity contribution in [2.24, 2.45) is 0 Å². The van der Waals surface area contributed by atoms with E-state index in [1.54, 1.807) is 29.3 Å². The molecule has 3 aromatic heterocycles. The summed E-state index contributed by atoms with van der Waals surface area (Å²) in [6, 6.07) is 18.2. The molecule has 0 atom stereocenters. The van der Waals surface area contributed by atoms with E-state index in [2.05, 4.69) is 38.8 Å². The monoisotopic (exact) mass is 321 g/mol. The van der Waals surface area contributed by atoms with E-state index in [1.807, 2.05) is 36.4 Å². The van der Waals surface area contributed by atoms with Crippen molar-refractivity contribution < 1.29 is 0 Å². The number of hydrogen-bond acceptors (Lipinski definition) is 5. The van der Waals surface area contributed by atoms with Crippen molar-refractivity contribution in [3.63, 3.8) is 0 Å². The van der Waals surface area contributed by atoms with E-state index in [1.165, 1.54) is 0 Å². The number of thiophene rings is 1. The van der Waals surface area contributed by atoms with Crippen LogP contribution in [0.1, 0.15) is 0 Å². The summed E-state index contributed by atoms with van der Waals surface area (Å²) in [6.45, 7) is 0. The van der Waals surface area contributed by atoms with Crippen LogP contribution in [0.15, 0.2) is 76.2 Å². The van der Waals surface area contributed by atoms with E-state index in [0.717, 1.165) is 31.4 Å². The zero-order chi connectivity index (χ0) is 14.8. The molecule has 4 rings (SSSR count). The zero-order valence-corrected chi connectivity index (χ0v) is 13.1. The Morgan fingerprint density at radius 3 is 2.45 bits per heavy atom. The van der Waals surface area contributed by atoms with Gasteiger partial charge in [0.1, 0.15) is 15.7 Å². The average molecular weight is 321 g/mol. The number of benzene rings is 1. The Kier molecular flexibility index (Phi) is 3.58. The molecule has 0 saturated heterocycles. The third-order valence-corrected chi connectivity index (χ3v) is 5.07. The maximum absolute atomic E-state index is 4.46. The molecular weight excluding hydrogens is 310 g/mol. The van der Waals surface area contributed by atoms with Gasteiger partial charge in [0.15, 0.2) is 0 Å². The summed E-state index contributed by atoms with van der Waals surface area (Å²) < 4.78 is 0. The van der Waals surface area contributed by atoms with Crippen LogP contribution in [0.4, 0.5) is 0 Å². The summed E-state index contributed by atoms with van der Waals surface area (Å²) in [5.41, 5.74) is 0.941. The van der Waals surface area contributed by atoms with Gasteiger partial charge < -0.3 is 0 Å². The van der Waals surface area contributed by atoms with Crippen molar-refractivity contribution in [1.82, 2.24) is 15.2 Å². The molecule has 0 radical (unpaired) electrons. The van der Waals surface area contributed by atoms with Crippen molar-refractivity contribution in [1.29, 1.82) is 0 Å². The van der Waals surface area contributed by atoms with Gasteiger partial charge in [0.25, 0.3) is 0 Å². The van der Waals surface area contributed by atoms with E-state index < -0.39 is 0 Å². The van der Waals surface area contributed by atoms with E-state index in [4.69, 9.17) is 0 Å². The van der Waals surface area contributed by atoms with Gasteiger partial charge in [-0.25, -0.2) is 4.98 Å². The Balaban J connectivity index is 1.86. The van der Waals surface area contributed by atoms with Crippen molar-refractivity contribution >= 4 is 33.9 Å². The molecule has 1 aromatic carbocycles. The molecular formula is C17H11N3S2. The van der Waals surface area contributed by atoms with Crippen LogP contribution < -0.4 is 0 Å². The van der Waals surface area contributed by atoms with Crippen LogP contribution >= 0.6 is 23.1 Å². The highest BCUT2D eigenvalue weighted by molar-refractivity contribution is 7.99. The van der Waals surface area contributed by atoms with Crippen molar-refractivity contribution in [2.75, 3.05) is 0 Å². The smallest absolute Gasteiger partial charge is 0.133 e. The molecule has 4 aromatic rings. The molecule has 0 unspecified atom stereocenters. The number of fused-ring (bicyclic) bond motifs is 1. The lowest BCUT2D eigenvalue weighted by molar-refractivity contribution is 0.959. The standard InChI is InChI=1S/C17H11N3S2/c1-2-7-13-12(6-1)16(14-8-5-11-21-14)19-20-17(13)22-15-9-3-4-10-18-15/h1-11H. The van der Waals surface area contributed by atoms with Gasteiger partial charge in [-0.3, -0.25) is 0 Å². The van der Waals surface area contributed by atoms with E-state index in [0.29, 0.717) is 0 Å². The van der Waals surface area contributed by atoms with Crippen LogP contribution in [0.25, 0.3) is 21.3 Å². The normalized spacial score (nSPS) is 10.9. The summed E-state index contributed by atoms with van der Waals surface area (Å²) in [5, 5.41) is 15.0. The molecule has 0 bridgehead atoms. The lowest BCUT2D eigenvalue weighted by Gasteiger charge is -2.07. The Morgan fingerprint density at radius 1 is 0.818 bits per heavy atom. The van der Waals surface area contributed by atoms with Gasteiger partial charge in [-0.2, -0.15) is 0 Å². The first-order valence-corrected chi connectivity index (χ1v) is 8.49. The fourth-order valence-electron chi connectivity index (χ4n) is 2.26. The molecule has 106 valence electrons. The van der Waals surface area contributed by atoms with Gasteiger partial charge in [0, 0.05) is 17.0 Å². The minimum Gasteiger partial charge on any atom is -0.250 e. The third kappa shape index (κ3) is 2.49. The second kappa shape index (κ2) is 5.87. The van der Waals surface area contributed by atoms with Gasteiger partial charge >= 0.3 is 0 Å². The summed E-state index contributed by atoms with van der Waals surface area (Å²) in [5.74, 6) is 0. The summed E-state index contributed by atoms with van der Waals surface area (Å²) in [6.07, 6.45) is 1.79. The maximum atomic E-state index is 4.46. The molecule has 0 amide bonds.